The highest BCUT2D eigenvalue weighted by atomic mass is 32.2. The average Bonchev–Trinajstić information content (AvgIpc) is 2.54. The van der Waals surface area contributed by atoms with Crippen molar-refractivity contribution in [3.05, 3.63) is 30.3 Å². The minimum absolute atomic E-state index is 0.0340. The highest BCUT2D eigenvalue weighted by Crippen LogP contribution is 2.26. The Morgan fingerprint density at radius 2 is 1.88 bits per heavy atom. The molecule has 0 N–H and O–H groups in total. The normalized spacial score (nSPS) is 19.8. The van der Waals surface area contributed by atoms with Crippen LogP contribution >= 0.6 is 0 Å². The molecule has 1 aliphatic rings. The van der Waals surface area contributed by atoms with Gasteiger partial charge in [0.05, 0.1) is 10.6 Å². The van der Waals surface area contributed by atoms with Crippen molar-refractivity contribution >= 4 is 15.9 Å². The summed E-state index contributed by atoms with van der Waals surface area (Å²) in [5.41, 5.74) is -0.526. The van der Waals surface area contributed by atoms with Crippen LogP contribution < -0.4 is 0 Å². The molecule has 0 aromatic heterocycles. The van der Waals surface area contributed by atoms with E-state index in [-0.39, 0.29) is 23.8 Å². The second-order valence-electron chi connectivity index (χ2n) is 8.26. The number of hydrogen-bond acceptors (Lipinski definition) is 4. The molecule has 2 atom stereocenters. The molecule has 146 valence electrons. The molecule has 1 saturated heterocycles. The molecular weight excluding hydrogens is 350 g/mol. The largest absolute Gasteiger partial charge is 0.444 e. The lowest BCUT2D eigenvalue weighted by atomic mass is 9.94. The average molecular weight is 382 g/mol. The van der Waals surface area contributed by atoms with Gasteiger partial charge in [-0.1, -0.05) is 25.1 Å². The molecule has 0 spiro atoms. The summed E-state index contributed by atoms with van der Waals surface area (Å²) >= 11 is 0. The van der Waals surface area contributed by atoms with Crippen LogP contribution in [0.5, 0.6) is 0 Å². The fourth-order valence-electron chi connectivity index (χ4n) is 3.44. The molecule has 2 rings (SSSR count). The third kappa shape index (κ3) is 6.01. The van der Waals surface area contributed by atoms with Crippen LogP contribution in [0.3, 0.4) is 0 Å². The number of carbonyl (C=O) groups excluding carboxylic acids is 1. The van der Waals surface area contributed by atoms with Gasteiger partial charge in [-0.05, 0) is 64.5 Å². The maximum atomic E-state index is 12.6. The summed E-state index contributed by atoms with van der Waals surface area (Å²) in [5, 5.41) is 0. The first-order chi connectivity index (χ1) is 12.1. The highest BCUT2D eigenvalue weighted by Gasteiger charge is 2.32. The van der Waals surface area contributed by atoms with Crippen LogP contribution in [-0.2, 0) is 14.6 Å². The molecule has 0 radical (unpaired) electrons. The van der Waals surface area contributed by atoms with Gasteiger partial charge in [-0.2, -0.15) is 0 Å². The Morgan fingerprint density at radius 1 is 1.23 bits per heavy atom. The molecular formula is C20H31NO4S. The van der Waals surface area contributed by atoms with Crippen LogP contribution in [-0.4, -0.2) is 43.4 Å². The predicted molar refractivity (Wildman–Crippen MR) is 103 cm³/mol. The number of hydrogen-bond donors (Lipinski definition) is 0. The van der Waals surface area contributed by atoms with Crippen molar-refractivity contribution in [3.8, 4) is 0 Å². The molecule has 0 saturated carbocycles. The molecule has 2 unspecified atom stereocenters. The van der Waals surface area contributed by atoms with Gasteiger partial charge in [0.15, 0.2) is 9.84 Å². The number of carbonyl (C=O) groups is 1. The van der Waals surface area contributed by atoms with E-state index in [9.17, 15) is 13.2 Å². The Kier molecular flexibility index (Phi) is 6.72. The second-order valence-corrected chi connectivity index (χ2v) is 10.3. The Hall–Kier alpha value is -1.56. The number of likely N-dealkylation sites (tertiary alicyclic amines) is 1. The Balaban J connectivity index is 2.01. The maximum absolute atomic E-state index is 12.6. The topological polar surface area (TPSA) is 63.7 Å². The van der Waals surface area contributed by atoms with Crippen molar-refractivity contribution in [2.24, 2.45) is 5.92 Å². The molecule has 1 aromatic rings. The number of amides is 1. The molecule has 1 aliphatic heterocycles. The molecule has 1 aromatic carbocycles. The number of sulfone groups is 1. The summed E-state index contributed by atoms with van der Waals surface area (Å²) < 4.78 is 30.7. The van der Waals surface area contributed by atoms with Crippen molar-refractivity contribution in [2.45, 2.75) is 69.9 Å². The zero-order valence-corrected chi connectivity index (χ0v) is 17.1. The lowest BCUT2D eigenvalue weighted by molar-refractivity contribution is 0.00752. The highest BCUT2D eigenvalue weighted by molar-refractivity contribution is 7.91. The van der Waals surface area contributed by atoms with Gasteiger partial charge >= 0.3 is 6.09 Å². The summed E-state index contributed by atoms with van der Waals surface area (Å²) in [6.07, 6.45) is 3.30. The van der Waals surface area contributed by atoms with Crippen LogP contribution in [0.1, 0.15) is 53.4 Å². The molecule has 1 fully saturated rings. The third-order valence-corrected chi connectivity index (χ3v) is 6.53. The summed E-state index contributed by atoms with van der Waals surface area (Å²) in [5.74, 6) is 0.0589. The molecule has 1 heterocycles. The Bertz CT molecular complexity index is 694. The standard InChI is InChI=1S/C20H31NO4S/c1-16(15-26(23,24)18-11-6-5-7-12-18)14-17-10-8-9-13-21(17)19(22)25-20(2,3)4/h5-7,11-12,16-17H,8-10,13-15H2,1-4H3. The first-order valence-electron chi connectivity index (χ1n) is 9.36. The molecule has 0 aliphatic carbocycles. The predicted octanol–water partition coefficient (Wildman–Crippen LogP) is 4.28. The number of ether oxygens (including phenoxy) is 1. The quantitative estimate of drug-likeness (QED) is 0.764. The first kappa shape index (κ1) is 20.7. The van der Waals surface area contributed by atoms with E-state index in [0.29, 0.717) is 17.9 Å². The smallest absolute Gasteiger partial charge is 0.410 e. The van der Waals surface area contributed by atoms with Crippen molar-refractivity contribution < 1.29 is 17.9 Å². The molecule has 0 bridgehead atoms. The zero-order valence-electron chi connectivity index (χ0n) is 16.3. The summed E-state index contributed by atoms with van der Waals surface area (Å²) in [7, 11) is -3.31. The molecule has 1 amide bonds. The van der Waals surface area contributed by atoms with Crippen LogP contribution in [0.4, 0.5) is 4.79 Å². The fraction of sp³-hybridized carbons (Fsp3) is 0.650. The van der Waals surface area contributed by atoms with E-state index in [4.69, 9.17) is 4.74 Å². The van der Waals surface area contributed by atoms with Crippen molar-refractivity contribution in [1.82, 2.24) is 4.90 Å². The SMILES string of the molecule is CC(CC1CCCCN1C(=O)OC(C)(C)C)CS(=O)(=O)c1ccccc1. The van der Waals surface area contributed by atoms with Gasteiger partial charge in [0, 0.05) is 12.6 Å². The summed E-state index contributed by atoms with van der Waals surface area (Å²) in [6, 6.07) is 8.60. The number of nitrogens with zero attached hydrogens (tertiary/aromatic N) is 1. The minimum Gasteiger partial charge on any atom is -0.444 e. The van der Waals surface area contributed by atoms with E-state index in [0.717, 1.165) is 19.3 Å². The van der Waals surface area contributed by atoms with Crippen LogP contribution in [0, 0.1) is 5.92 Å². The summed E-state index contributed by atoms with van der Waals surface area (Å²) in [4.78, 5) is 14.7. The van der Waals surface area contributed by atoms with Gasteiger partial charge in [-0.25, -0.2) is 13.2 Å². The lowest BCUT2D eigenvalue weighted by Crippen LogP contribution is -2.47. The van der Waals surface area contributed by atoms with Gasteiger partial charge in [0.1, 0.15) is 5.60 Å². The monoisotopic (exact) mass is 381 g/mol. The van der Waals surface area contributed by atoms with Crippen LogP contribution in [0.15, 0.2) is 35.2 Å². The number of rotatable bonds is 5. The van der Waals surface area contributed by atoms with Gasteiger partial charge in [-0.15, -0.1) is 0 Å². The fourth-order valence-corrected chi connectivity index (χ4v) is 5.09. The van der Waals surface area contributed by atoms with Crippen LogP contribution in [0.2, 0.25) is 0 Å². The third-order valence-electron chi connectivity index (χ3n) is 4.54. The van der Waals surface area contributed by atoms with Crippen LogP contribution in [0.25, 0.3) is 0 Å². The van der Waals surface area contributed by atoms with Gasteiger partial charge < -0.3 is 9.64 Å². The Labute approximate surface area is 157 Å². The number of benzene rings is 1. The second kappa shape index (κ2) is 8.42. The molecule has 5 nitrogen and oxygen atoms in total. The first-order valence-corrected chi connectivity index (χ1v) is 11.0. The van der Waals surface area contributed by atoms with E-state index >= 15 is 0 Å². The Morgan fingerprint density at radius 3 is 2.50 bits per heavy atom. The van der Waals surface area contributed by atoms with E-state index < -0.39 is 15.4 Å². The zero-order chi connectivity index (χ0) is 19.4. The van der Waals surface area contributed by atoms with Crippen molar-refractivity contribution in [1.29, 1.82) is 0 Å². The maximum Gasteiger partial charge on any atom is 0.410 e. The van der Waals surface area contributed by atoms with Crippen molar-refractivity contribution in [3.63, 3.8) is 0 Å². The summed E-state index contributed by atoms with van der Waals surface area (Å²) in [6.45, 7) is 8.21. The van der Waals surface area contributed by atoms with E-state index in [1.54, 1.807) is 29.2 Å². The van der Waals surface area contributed by atoms with Gasteiger partial charge in [-0.3, -0.25) is 0 Å². The van der Waals surface area contributed by atoms with Crippen molar-refractivity contribution in [2.75, 3.05) is 12.3 Å². The minimum atomic E-state index is -3.31. The van der Waals surface area contributed by atoms with Gasteiger partial charge in [0.2, 0.25) is 0 Å². The number of piperidine rings is 1. The van der Waals surface area contributed by atoms with E-state index in [1.807, 2.05) is 33.8 Å². The molecule has 6 heteroatoms. The van der Waals surface area contributed by atoms with E-state index in [2.05, 4.69) is 0 Å². The van der Waals surface area contributed by atoms with E-state index in [1.165, 1.54) is 0 Å². The van der Waals surface area contributed by atoms with Gasteiger partial charge in [0.25, 0.3) is 0 Å². The molecule has 26 heavy (non-hydrogen) atoms. The lowest BCUT2D eigenvalue weighted by Gasteiger charge is -2.37.